The molecule has 1 spiro atoms. The first kappa shape index (κ1) is 12.0. The van der Waals surface area contributed by atoms with Gasteiger partial charge in [-0.25, -0.2) is 0 Å². The van der Waals surface area contributed by atoms with Gasteiger partial charge in [-0.1, -0.05) is 31.0 Å². The van der Waals surface area contributed by atoms with Crippen LogP contribution in [0.3, 0.4) is 0 Å². The van der Waals surface area contributed by atoms with Crippen molar-refractivity contribution in [2.75, 3.05) is 0 Å². The minimum Gasteiger partial charge on any atom is -0.480 e. The van der Waals surface area contributed by atoms with Gasteiger partial charge in [0, 0.05) is 23.0 Å². The van der Waals surface area contributed by atoms with Crippen molar-refractivity contribution >= 4 is 16.9 Å². The first-order chi connectivity index (χ1) is 9.70. The summed E-state index contributed by atoms with van der Waals surface area (Å²) in [6, 6.07) is 7.74. The zero-order valence-corrected chi connectivity index (χ0v) is 11.3. The summed E-state index contributed by atoms with van der Waals surface area (Å²) < 4.78 is 0. The second-order valence-electron chi connectivity index (χ2n) is 6.05. The maximum atomic E-state index is 11.5. The van der Waals surface area contributed by atoms with Crippen LogP contribution >= 0.6 is 0 Å². The van der Waals surface area contributed by atoms with E-state index in [1.165, 1.54) is 16.6 Å². The van der Waals surface area contributed by atoms with Crippen molar-refractivity contribution in [2.24, 2.45) is 0 Å². The van der Waals surface area contributed by atoms with E-state index in [-0.39, 0.29) is 5.54 Å². The maximum Gasteiger partial charge on any atom is 0.321 e. The molecule has 104 valence electrons. The predicted octanol–water partition coefficient (Wildman–Crippen LogP) is 2.54. The van der Waals surface area contributed by atoms with Crippen molar-refractivity contribution in [1.82, 2.24) is 10.3 Å². The smallest absolute Gasteiger partial charge is 0.321 e. The zero-order valence-electron chi connectivity index (χ0n) is 11.3. The Balaban J connectivity index is 1.94. The Labute approximate surface area is 117 Å². The number of H-pyrrole nitrogens is 1. The fourth-order valence-electron chi connectivity index (χ4n) is 4.00. The molecule has 1 aromatic heterocycles. The molecule has 2 aromatic rings. The largest absolute Gasteiger partial charge is 0.480 e. The molecule has 1 aliphatic heterocycles. The fourth-order valence-corrected chi connectivity index (χ4v) is 4.00. The van der Waals surface area contributed by atoms with Crippen LogP contribution in [0.25, 0.3) is 10.9 Å². The second kappa shape index (κ2) is 4.09. The Bertz CT molecular complexity index is 683. The van der Waals surface area contributed by atoms with E-state index in [0.29, 0.717) is 6.42 Å². The molecule has 4 heteroatoms. The first-order valence-electron chi connectivity index (χ1n) is 7.30. The average Bonchev–Trinajstić information content (AvgIpc) is 3.04. The average molecular weight is 270 g/mol. The van der Waals surface area contributed by atoms with E-state index in [1.54, 1.807) is 0 Å². The third-order valence-corrected chi connectivity index (χ3v) is 4.91. The van der Waals surface area contributed by atoms with Crippen molar-refractivity contribution in [3.8, 4) is 0 Å². The van der Waals surface area contributed by atoms with Gasteiger partial charge < -0.3 is 10.1 Å². The highest BCUT2D eigenvalue weighted by molar-refractivity contribution is 5.87. The summed E-state index contributed by atoms with van der Waals surface area (Å²) >= 11 is 0. The van der Waals surface area contributed by atoms with Crippen LogP contribution in [0.5, 0.6) is 0 Å². The van der Waals surface area contributed by atoms with Gasteiger partial charge in [-0.05, 0) is 24.5 Å². The van der Waals surface area contributed by atoms with Crippen LogP contribution in [0.15, 0.2) is 24.3 Å². The SMILES string of the molecule is O=C(O)[C@@H]1Cc2c([nH]c3ccccc23)C2(CCCC2)N1. The van der Waals surface area contributed by atoms with Crippen molar-refractivity contribution in [3.05, 3.63) is 35.5 Å². The molecule has 1 aliphatic carbocycles. The van der Waals surface area contributed by atoms with Crippen LogP contribution in [0.1, 0.15) is 36.9 Å². The van der Waals surface area contributed by atoms with E-state index in [2.05, 4.69) is 22.4 Å². The van der Waals surface area contributed by atoms with E-state index in [9.17, 15) is 9.90 Å². The Morgan fingerprint density at radius 1 is 1.25 bits per heavy atom. The van der Waals surface area contributed by atoms with Crippen LogP contribution in [0.4, 0.5) is 0 Å². The molecule has 4 nitrogen and oxygen atoms in total. The lowest BCUT2D eigenvalue weighted by molar-refractivity contribution is -0.140. The van der Waals surface area contributed by atoms with Crippen molar-refractivity contribution in [3.63, 3.8) is 0 Å². The van der Waals surface area contributed by atoms with E-state index in [4.69, 9.17) is 0 Å². The monoisotopic (exact) mass is 270 g/mol. The van der Waals surface area contributed by atoms with Crippen LogP contribution in [-0.2, 0) is 16.8 Å². The number of carboxylic acid groups (broad SMARTS) is 1. The van der Waals surface area contributed by atoms with Gasteiger partial charge in [0.25, 0.3) is 0 Å². The molecule has 0 unspecified atom stereocenters. The van der Waals surface area contributed by atoms with Gasteiger partial charge in [0.2, 0.25) is 0 Å². The minimum absolute atomic E-state index is 0.157. The van der Waals surface area contributed by atoms with E-state index < -0.39 is 12.0 Å². The number of benzene rings is 1. The van der Waals surface area contributed by atoms with Crippen molar-refractivity contribution in [2.45, 2.75) is 43.7 Å². The van der Waals surface area contributed by atoms with Gasteiger partial charge in [0.1, 0.15) is 6.04 Å². The molecule has 0 radical (unpaired) electrons. The van der Waals surface area contributed by atoms with Gasteiger partial charge in [0.15, 0.2) is 0 Å². The molecule has 0 bridgehead atoms. The van der Waals surface area contributed by atoms with Gasteiger partial charge in [-0.15, -0.1) is 0 Å². The number of nitrogens with one attached hydrogen (secondary N) is 2. The molecule has 1 saturated carbocycles. The number of aliphatic carboxylic acids is 1. The first-order valence-corrected chi connectivity index (χ1v) is 7.30. The number of para-hydroxylation sites is 1. The molecule has 0 amide bonds. The number of carboxylic acids is 1. The van der Waals surface area contributed by atoms with E-state index in [0.717, 1.165) is 31.2 Å². The Hall–Kier alpha value is -1.81. The minimum atomic E-state index is -0.743. The van der Waals surface area contributed by atoms with E-state index >= 15 is 0 Å². The molecule has 20 heavy (non-hydrogen) atoms. The highest BCUT2D eigenvalue weighted by Gasteiger charge is 2.45. The Morgan fingerprint density at radius 2 is 2.00 bits per heavy atom. The van der Waals surface area contributed by atoms with Crippen molar-refractivity contribution in [1.29, 1.82) is 0 Å². The molecule has 4 rings (SSSR count). The van der Waals surface area contributed by atoms with Crippen molar-refractivity contribution < 1.29 is 9.90 Å². The van der Waals surface area contributed by atoms with Crippen LogP contribution in [0.2, 0.25) is 0 Å². The van der Waals surface area contributed by atoms with Crippen LogP contribution in [0, 0.1) is 0 Å². The summed E-state index contributed by atoms with van der Waals surface area (Å²) in [5, 5.41) is 14.0. The second-order valence-corrected chi connectivity index (χ2v) is 6.05. The number of rotatable bonds is 1. The molecule has 3 N–H and O–H groups in total. The van der Waals surface area contributed by atoms with Gasteiger partial charge in [-0.3, -0.25) is 10.1 Å². The van der Waals surface area contributed by atoms with Gasteiger partial charge in [-0.2, -0.15) is 0 Å². The zero-order chi connectivity index (χ0) is 13.7. The van der Waals surface area contributed by atoms with Crippen LogP contribution < -0.4 is 5.32 Å². The molecule has 0 saturated heterocycles. The normalized spacial score (nSPS) is 24.1. The number of aromatic nitrogens is 1. The topological polar surface area (TPSA) is 65.1 Å². The number of aromatic amines is 1. The summed E-state index contributed by atoms with van der Waals surface area (Å²) in [5.74, 6) is -0.743. The standard InChI is InChI=1S/C16H18N2O2/c19-15(20)13-9-11-10-5-1-2-6-12(10)17-14(11)16(18-13)7-3-4-8-16/h1-2,5-6,13,17-18H,3-4,7-9H2,(H,19,20)/t13-/m0/s1. The lowest BCUT2D eigenvalue weighted by Gasteiger charge is -2.38. The van der Waals surface area contributed by atoms with Gasteiger partial charge >= 0.3 is 5.97 Å². The molecule has 1 aromatic carbocycles. The maximum absolute atomic E-state index is 11.5. The summed E-state index contributed by atoms with van der Waals surface area (Å²) in [7, 11) is 0. The van der Waals surface area contributed by atoms with Gasteiger partial charge in [0.05, 0.1) is 5.54 Å². The third-order valence-electron chi connectivity index (χ3n) is 4.91. The molecular formula is C16H18N2O2. The van der Waals surface area contributed by atoms with E-state index in [1.807, 2.05) is 12.1 Å². The lowest BCUT2D eigenvalue weighted by atomic mass is 9.82. The highest BCUT2D eigenvalue weighted by Crippen LogP contribution is 2.44. The Morgan fingerprint density at radius 3 is 2.75 bits per heavy atom. The predicted molar refractivity (Wildman–Crippen MR) is 76.7 cm³/mol. The molecule has 2 aliphatic rings. The third kappa shape index (κ3) is 1.54. The molecule has 1 atom stereocenters. The highest BCUT2D eigenvalue weighted by atomic mass is 16.4. The summed E-state index contributed by atoms with van der Waals surface area (Å²) in [6.45, 7) is 0. The molecule has 1 fully saturated rings. The summed E-state index contributed by atoms with van der Waals surface area (Å²) in [6.07, 6.45) is 4.94. The number of carbonyl (C=O) groups is 1. The Kier molecular flexibility index (Phi) is 2.45. The summed E-state index contributed by atoms with van der Waals surface area (Å²) in [4.78, 5) is 15.0. The van der Waals surface area contributed by atoms with Crippen LogP contribution in [-0.4, -0.2) is 22.1 Å². The number of hydrogen-bond donors (Lipinski definition) is 3. The number of fused-ring (bicyclic) bond motifs is 4. The molecular weight excluding hydrogens is 252 g/mol. The quantitative estimate of drug-likeness (QED) is 0.746. The summed E-state index contributed by atoms with van der Waals surface area (Å²) in [5.41, 5.74) is 3.40. The number of hydrogen-bond acceptors (Lipinski definition) is 2. The fraction of sp³-hybridized carbons (Fsp3) is 0.438. The lowest BCUT2D eigenvalue weighted by Crippen LogP contribution is -2.54. The molecule has 2 heterocycles.